The lowest BCUT2D eigenvalue weighted by Gasteiger charge is -2.39. The fourth-order valence-corrected chi connectivity index (χ4v) is 6.65. The maximum atomic E-state index is 14.8. The molecule has 242 valence electrons. The smallest absolute Gasteiger partial charge is 0.429 e. The number of ether oxygens (including phenoxy) is 1. The Balaban J connectivity index is 1.31. The molecule has 2 unspecified atom stereocenters. The van der Waals surface area contributed by atoms with Gasteiger partial charge in [-0.15, -0.1) is 0 Å². The molecule has 2 atom stereocenters. The van der Waals surface area contributed by atoms with E-state index in [1.807, 2.05) is 17.9 Å². The van der Waals surface area contributed by atoms with E-state index >= 15 is 0 Å². The van der Waals surface area contributed by atoms with Crippen LogP contribution in [0.25, 0.3) is 16.8 Å². The third-order valence-corrected chi connectivity index (χ3v) is 8.92. The number of nitrogens with zero attached hydrogens (tertiary/aromatic N) is 5. The summed E-state index contributed by atoms with van der Waals surface area (Å²) < 4.78 is 51.5. The lowest BCUT2D eigenvalue weighted by atomic mass is 9.76. The number of aryl methyl sites for hydroxylation is 2. The summed E-state index contributed by atoms with van der Waals surface area (Å²) in [5.41, 5.74) is 8.77. The molecule has 1 spiro atoms. The average Bonchev–Trinajstić information content (AvgIpc) is 3.61. The summed E-state index contributed by atoms with van der Waals surface area (Å²) in [5.74, 6) is -1.08. The first kappa shape index (κ1) is 31.6. The number of nitrogens with one attached hydrogen (secondary N) is 1. The number of alkyl halides is 3. The van der Waals surface area contributed by atoms with Gasteiger partial charge in [0.05, 0.1) is 11.4 Å². The molecule has 0 bridgehead atoms. The number of hydrogen-bond acceptors (Lipinski definition) is 8. The monoisotopic (exact) mass is 655 g/mol. The molecule has 14 heteroatoms. The minimum Gasteiger partial charge on any atom is -0.480 e. The maximum Gasteiger partial charge on any atom is 0.429 e. The zero-order chi connectivity index (χ0) is 32.8. The first-order valence-electron chi connectivity index (χ1n) is 14.8. The third-order valence-electron chi connectivity index (χ3n) is 8.71. The van der Waals surface area contributed by atoms with E-state index in [9.17, 15) is 23.1 Å². The Bertz CT molecular complexity index is 1750. The van der Waals surface area contributed by atoms with Gasteiger partial charge < -0.3 is 25.8 Å². The van der Waals surface area contributed by atoms with Crippen molar-refractivity contribution in [1.82, 2.24) is 25.1 Å². The number of carbonyl (C=O) groups is 1. The molecule has 2 aromatic heterocycles. The van der Waals surface area contributed by atoms with Crippen LogP contribution in [-0.2, 0) is 4.79 Å². The Hall–Kier alpha value is -4.36. The molecule has 6 rings (SSSR count). The molecule has 2 aliphatic rings. The predicted octanol–water partition coefficient (Wildman–Crippen LogP) is 5.90. The van der Waals surface area contributed by atoms with Crippen molar-refractivity contribution >= 4 is 29.3 Å². The third kappa shape index (κ3) is 6.61. The summed E-state index contributed by atoms with van der Waals surface area (Å²) in [5, 5.41) is 17.4. The van der Waals surface area contributed by atoms with Crippen LogP contribution < -0.4 is 20.7 Å². The van der Waals surface area contributed by atoms with Gasteiger partial charge in [-0.1, -0.05) is 29.8 Å². The number of aromatic nitrogens is 4. The largest absolute Gasteiger partial charge is 0.480 e. The number of anilines is 2. The number of hydrogen-bond donors (Lipinski definition) is 3. The van der Waals surface area contributed by atoms with Crippen LogP contribution in [-0.4, -0.2) is 62.7 Å². The summed E-state index contributed by atoms with van der Waals surface area (Å²) in [6, 6.07) is 12.5. The number of carboxylic acid groups (broad SMARTS) is 1. The van der Waals surface area contributed by atoms with E-state index < -0.39 is 24.3 Å². The van der Waals surface area contributed by atoms with Gasteiger partial charge in [0.15, 0.2) is 0 Å². The van der Waals surface area contributed by atoms with Crippen molar-refractivity contribution in [3.05, 3.63) is 76.6 Å². The van der Waals surface area contributed by atoms with Gasteiger partial charge in [0.1, 0.15) is 11.9 Å². The van der Waals surface area contributed by atoms with E-state index in [2.05, 4.69) is 20.4 Å². The molecule has 0 aliphatic carbocycles. The predicted molar refractivity (Wildman–Crippen MR) is 167 cm³/mol. The van der Waals surface area contributed by atoms with Gasteiger partial charge in [0.2, 0.25) is 17.9 Å². The van der Waals surface area contributed by atoms with Crippen LogP contribution in [0, 0.1) is 19.3 Å². The SMILES string of the molecule is Cc1cc(Cl)cc(-c2ccc(C(Oc3cc(N4CCC5(CC4)CNC(C(=O)O)C5)nc(N)n3)C(F)(F)F)c(-n3ccc(C)n3)c2)c1. The Labute approximate surface area is 268 Å². The number of aliphatic carboxylic acids is 1. The Morgan fingerprint density at radius 2 is 1.87 bits per heavy atom. The minimum atomic E-state index is -4.83. The number of rotatable bonds is 7. The van der Waals surface area contributed by atoms with Gasteiger partial charge in [-0.05, 0) is 79.5 Å². The highest BCUT2D eigenvalue weighted by atomic mass is 35.5. The number of nitrogens with two attached hydrogens (primary N) is 1. The highest BCUT2D eigenvalue weighted by molar-refractivity contribution is 6.31. The van der Waals surface area contributed by atoms with E-state index in [1.165, 1.54) is 16.8 Å². The molecule has 2 aromatic carbocycles. The molecule has 4 heterocycles. The van der Waals surface area contributed by atoms with Crippen LogP contribution in [0.2, 0.25) is 5.02 Å². The quantitative estimate of drug-likeness (QED) is 0.223. The standard InChI is InChI=1S/C32H33ClF3N7O3/c1-18-11-21(13-22(33)12-18)20-3-4-23(25(14-20)43-8-5-19(2)41-43)28(32(34,35)36)46-27-15-26(39-30(37)40-27)42-9-6-31(7-10-42)16-24(29(44)45)38-17-31/h3-5,8,11-15,24,28,38H,6-7,9-10,16-17H2,1-2H3,(H,44,45)(H2,37,39,40). The van der Waals surface area contributed by atoms with Gasteiger partial charge in [0.25, 0.3) is 0 Å². The van der Waals surface area contributed by atoms with Crippen LogP contribution in [0.5, 0.6) is 5.88 Å². The first-order chi connectivity index (χ1) is 21.8. The number of halogens is 4. The summed E-state index contributed by atoms with van der Waals surface area (Å²) in [6.45, 7) is 5.29. The van der Waals surface area contributed by atoms with Gasteiger partial charge in [-0.2, -0.15) is 28.2 Å². The molecule has 2 fully saturated rings. The van der Waals surface area contributed by atoms with Crippen molar-refractivity contribution in [2.45, 2.75) is 51.4 Å². The summed E-state index contributed by atoms with van der Waals surface area (Å²) in [7, 11) is 0. The second-order valence-electron chi connectivity index (χ2n) is 12.1. The summed E-state index contributed by atoms with van der Waals surface area (Å²) in [4.78, 5) is 21.6. The fourth-order valence-electron chi connectivity index (χ4n) is 6.36. The second-order valence-corrected chi connectivity index (χ2v) is 12.6. The number of nitrogen functional groups attached to an aromatic ring is 1. The van der Waals surface area contributed by atoms with Gasteiger partial charge >= 0.3 is 12.1 Å². The second kappa shape index (κ2) is 12.1. The topological polar surface area (TPSA) is 131 Å². The maximum absolute atomic E-state index is 14.8. The zero-order valence-electron chi connectivity index (χ0n) is 25.2. The molecule has 4 N–H and O–H groups in total. The van der Waals surface area contributed by atoms with E-state index in [0.29, 0.717) is 61.0 Å². The van der Waals surface area contributed by atoms with Crippen LogP contribution in [0.1, 0.15) is 42.2 Å². The average molecular weight is 656 g/mol. The molecular weight excluding hydrogens is 623 g/mol. The summed E-state index contributed by atoms with van der Waals surface area (Å²) >= 11 is 6.29. The number of piperidine rings is 1. The highest BCUT2D eigenvalue weighted by Crippen LogP contribution is 2.43. The van der Waals surface area contributed by atoms with Crippen molar-refractivity contribution < 1.29 is 27.8 Å². The normalized spacial score (nSPS) is 18.6. The molecule has 2 aliphatic heterocycles. The highest BCUT2D eigenvalue weighted by Gasteiger charge is 2.46. The van der Waals surface area contributed by atoms with E-state index in [0.717, 1.165) is 11.1 Å². The van der Waals surface area contributed by atoms with Gasteiger partial charge in [-0.3, -0.25) is 4.79 Å². The minimum absolute atomic E-state index is 0.157. The molecule has 0 amide bonds. The van der Waals surface area contributed by atoms with Crippen LogP contribution >= 0.6 is 11.6 Å². The summed E-state index contributed by atoms with van der Waals surface area (Å²) in [6.07, 6.45) is -3.74. The fraction of sp³-hybridized carbons (Fsp3) is 0.375. The van der Waals surface area contributed by atoms with Crippen molar-refractivity contribution in [1.29, 1.82) is 0 Å². The van der Waals surface area contributed by atoms with Crippen LogP contribution in [0.15, 0.2) is 54.7 Å². The number of carboxylic acids is 1. The zero-order valence-corrected chi connectivity index (χ0v) is 25.9. The Morgan fingerprint density at radius 3 is 2.50 bits per heavy atom. The van der Waals surface area contributed by atoms with Gasteiger partial charge in [0, 0.05) is 42.5 Å². The first-order valence-corrected chi connectivity index (χ1v) is 15.2. The van der Waals surface area contributed by atoms with E-state index in [4.69, 9.17) is 22.1 Å². The lowest BCUT2D eigenvalue weighted by molar-refractivity contribution is -0.198. The molecule has 10 nitrogen and oxygen atoms in total. The van der Waals surface area contributed by atoms with E-state index in [-0.39, 0.29) is 28.5 Å². The van der Waals surface area contributed by atoms with Crippen LogP contribution in [0.4, 0.5) is 24.9 Å². The lowest BCUT2D eigenvalue weighted by Crippen LogP contribution is -2.41. The van der Waals surface area contributed by atoms with Crippen molar-refractivity contribution in [3.63, 3.8) is 0 Å². The van der Waals surface area contributed by atoms with Crippen LogP contribution in [0.3, 0.4) is 0 Å². The molecular formula is C32H33ClF3N7O3. The molecule has 0 saturated carbocycles. The Kier molecular flexibility index (Phi) is 8.32. The van der Waals surface area contributed by atoms with E-state index in [1.54, 1.807) is 43.5 Å². The molecule has 46 heavy (non-hydrogen) atoms. The molecule has 0 radical (unpaired) electrons. The molecule has 2 saturated heterocycles. The van der Waals surface area contributed by atoms with Crippen molar-refractivity contribution in [2.75, 3.05) is 30.3 Å². The van der Waals surface area contributed by atoms with Crippen molar-refractivity contribution in [2.24, 2.45) is 5.41 Å². The number of benzene rings is 2. The van der Waals surface area contributed by atoms with Gasteiger partial charge in [-0.25, -0.2) is 4.68 Å². The van der Waals surface area contributed by atoms with Crippen molar-refractivity contribution in [3.8, 4) is 22.7 Å². The Morgan fingerprint density at radius 1 is 1.11 bits per heavy atom. The molecule has 4 aromatic rings.